The molecule has 0 bridgehead atoms. The smallest absolute Gasteiger partial charge is 0.0541 e. The van der Waals surface area contributed by atoms with Gasteiger partial charge in [0.15, 0.2) is 0 Å². The van der Waals surface area contributed by atoms with Crippen LogP contribution in [0.4, 0.5) is 11.4 Å². The minimum atomic E-state index is -0.130. The van der Waals surface area contributed by atoms with E-state index >= 15 is 0 Å². The Hall–Kier alpha value is -6.84. The maximum Gasteiger partial charge on any atom is 0.0541 e. The number of nitrogens with zero attached hydrogens (tertiary/aromatic N) is 3. The van der Waals surface area contributed by atoms with Gasteiger partial charge >= 0.3 is 0 Å². The van der Waals surface area contributed by atoms with E-state index in [0.717, 1.165) is 28.2 Å². The summed E-state index contributed by atoms with van der Waals surface area (Å²) >= 11 is 0. The molecule has 0 saturated carbocycles. The fraction of sp³-hybridized carbons (Fsp3) is 0.294. The van der Waals surface area contributed by atoms with Gasteiger partial charge in [0.1, 0.15) is 0 Å². The Bertz CT molecular complexity index is 3610. The lowest BCUT2D eigenvalue weighted by molar-refractivity contribution is 0.590. The van der Waals surface area contributed by atoms with Crippen molar-refractivity contribution in [1.82, 2.24) is 9.13 Å². The molecule has 0 radical (unpaired) electrons. The molecule has 358 valence electrons. The molecule has 0 spiro atoms. The van der Waals surface area contributed by atoms with E-state index in [9.17, 15) is 0 Å². The van der Waals surface area contributed by atoms with Crippen molar-refractivity contribution in [3.63, 3.8) is 0 Å². The molecule has 0 atom stereocenters. The van der Waals surface area contributed by atoms with Crippen LogP contribution in [0.15, 0.2) is 158 Å². The van der Waals surface area contributed by atoms with Gasteiger partial charge in [0.25, 0.3) is 0 Å². The monoisotopic (exact) mass is 930 g/mol. The van der Waals surface area contributed by atoms with Gasteiger partial charge in [0, 0.05) is 61.8 Å². The van der Waals surface area contributed by atoms with Crippen molar-refractivity contribution in [2.75, 3.05) is 11.4 Å². The molecule has 71 heavy (non-hydrogen) atoms. The summed E-state index contributed by atoms with van der Waals surface area (Å²) in [5, 5.41) is 5.12. The van der Waals surface area contributed by atoms with E-state index in [1.807, 2.05) is 0 Å². The molecule has 3 heterocycles. The van der Waals surface area contributed by atoms with Crippen molar-refractivity contribution >= 4 is 66.3 Å². The lowest BCUT2D eigenvalue weighted by atomic mass is 9.82. The summed E-state index contributed by atoms with van der Waals surface area (Å²) in [5.41, 5.74) is 22.0. The number of hydrogen-bond acceptors (Lipinski definition) is 1. The zero-order valence-corrected chi connectivity index (χ0v) is 44.7. The first-order valence-corrected chi connectivity index (χ1v) is 25.8. The van der Waals surface area contributed by atoms with Crippen molar-refractivity contribution in [2.45, 2.75) is 124 Å². The Morgan fingerprint density at radius 2 is 0.887 bits per heavy atom. The average molecular weight is 930 g/mol. The van der Waals surface area contributed by atoms with E-state index in [1.54, 1.807) is 0 Å². The van der Waals surface area contributed by atoms with Gasteiger partial charge in [-0.3, -0.25) is 0 Å². The third kappa shape index (κ3) is 7.61. The highest BCUT2D eigenvalue weighted by atomic mass is 15.1. The number of aromatic nitrogens is 2. The molecule has 2 aromatic heterocycles. The molecular weight excluding hydrogens is 859 g/mol. The number of hydrogen-bond donors (Lipinski definition) is 0. The lowest BCUT2D eigenvalue weighted by Gasteiger charge is -2.29. The first kappa shape index (κ1) is 46.5. The van der Waals surface area contributed by atoms with Gasteiger partial charge in [-0.1, -0.05) is 164 Å². The summed E-state index contributed by atoms with van der Waals surface area (Å²) in [6.07, 6.45) is 7.02. The van der Waals surface area contributed by atoms with E-state index in [4.69, 9.17) is 6.58 Å². The van der Waals surface area contributed by atoms with E-state index in [0.29, 0.717) is 6.54 Å². The molecule has 0 amide bonds. The average Bonchev–Trinajstić information content (AvgIpc) is 3.91. The number of rotatable bonds is 3. The van der Waals surface area contributed by atoms with Crippen molar-refractivity contribution in [3.8, 4) is 16.8 Å². The van der Waals surface area contributed by atoms with Crippen LogP contribution in [-0.4, -0.2) is 15.7 Å². The van der Waals surface area contributed by atoms with Gasteiger partial charge in [0.05, 0.1) is 22.1 Å². The maximum atomic E-state index is 5.01. The molecule has 3 nitrogen and oxygen atoms in total. The number of benzene rings is 7. The molecule has 0 saturated heterocycles. The van der Waals surface area contributed by atoms with Gasteiger partial charge in [-0.15, -0.1) is 0 Å². The summed E-state index contributed by atoms with van der Waals surface area (Å²) in [4.78, 5) is 2.51. The SMILES string of the molecule is C=C1/C=C(n2c3ccc(C(C)(C)C)cc3c3cc(C(C)(C)C)ccc32)\C=C/CN(c2ccc3c(c2)C(C)(C)c2ccccc2-3)c2ccc(-n3c4ccc(C(C)(C)C)cc4c4cc(C(C)(C)C)ccc43)cc21. The van der Waals surface area contributed by atoms with Crippen LogP contribution in [0.1, 0.15) is 136 Å². The van der Waals surface area contributed by atoms with Crippen LogP contribution >= 0.6 is 0 Å². The molecule has 0 fully saturated rings. The second-order valence-corrected chi connectivity index (χ2v) is 25.3. The minimum absolute atomic E-state index is 0.0103. The molecule has 7 aromatic carbocycles. The Kier molecular flexibility index (Phi) is 10.4. The van der Waals surface area contributed by atoms with E-state index in [-0.39, 0.29) is 27.1 Å². The second-order valence-electron chi connectivity index (χ2n) is 25.3. The molecule has 3 heteroatoms. The van der Waals surface area contributed by atoms with E-state index in [1.165, 1.54) is 93.8 Å². The fourth-order valence-corrected chi connectivity index (χ4v) is 11.5. The quantitative estimate of drug-likeness (QED) is 0.172. The fourth-order valence-electron chi connectivity index (χ4n) is 11.5. The topological polar surface area (TPSA) is 13.1 Å². The van der Waals surface area contributed by atoms with Crippen molar-refractivity contribution in [2.24, 2.45) is 0 Å². The van der Waals surface area contributed by atoms with Gasteiger partial charge in [-0.25, -0.2) is 0 Å². The zero-order valence-electron chi connectivity index (χ0n) is 44.7. The number of fused-ring (bicyclic) bond motifs is 10. The highest BCUT2D eigenvalue weighted by molar-refractivity contribution is 6.12. The normalized spacial score (nSPS) is 16.5. The van der Waals surface area contributed by atoms with Crippen LogP contribution in [0.25, 0.3) is 71.7 Å². The summed E-state index contributed by atoms with van der Waals surface area (Å²) < 4.78 is 4.96. The summed E-state index contributed by atoms with van der Waals surface area (Å²) in [6.45, 7) is 38.2. The predicted octanol–water partition coefficient (Wildman–Crippen LogP) is 18.7. The Balaban J connectivity index is 1.15. The zero-order chi connectivity index (χ0) is 50.3. The van der Waals surface area contributed by atoms with Gasteiger partial charge in [0.2, 0.25) is 0 Å². The van der Waals surface area contributed by atoms with Crippen molar-refractivity contribution in [3.05, 3.63) is 197 Å². The Morgan fingerprint density at radius 3 is 1.38 bits per heavy atom. The van der Waals surface area contributed by atoms with Crippen LogP contribution in [0.2, 0.25) is 0 Å². The van der Waals surface area contributed by atoms with Crippen LogP contribution in [0, 0.1) is 0 Å². The molecule has 2 aliphatic rings. The highest BCUT2D eigenvalue weighted by Gasteiger charge is 2.36. The van der Waals surface area contributed by atoms with Crippen molar-refractivity contribution < 1.29 is 0 Å². The molecule has 0 unspecified atom stereocenters. The third-order valence-electron chi connectivity index (χ3n) is 15.9. The molecule has 1 aliphatic heterocycles. The third-order valence-corrected chi connectivity index (χ3v) is 15.9. The van der Waals surface area contributed by atoms with Gasteiger partial charge in [-0.2, -0.15) is 0 Å². The summed E-state index contributed by atoms with van der Waals surface area (Å²) in [6, 6.07) is 51.6. The molecule has 0 N–H and O–H groups in total. The first-order chi connectivity index (χ1) is 33.4. The Morgan fingerprint density at radius 1 is 0.437 bits per heavy atom. The standard InChI is InChI=1S/C68H71N3/c1-42-35-48(70-60-29-22-43(64(2,3)4)36-53(60)54-37-44(65(5,6)7)23-30-61(54)70)19-18-34-69(47-26-28-51-50-20-16-17-21-57(50)68(14,15)58(51)41-47)59-33-27-49(40-52(42)59)71-62-31-24-45(66(8,9)10)38-55(62)56-39-46(67(11,12)13)25-32-63(56)71/h16-33,35-41H,1,34H2,2-15H3/b19-18-,48-35+. The number of anilines is 2. The first-order valence-electron chi connectivity index (χ1n) is 25.8. The van der Waals surface area contributed by atoms with Crippen LogP contribution in [0.3, 0.4) is 0 Å². The molecule has 11 rings (SSSR count). The predicted molar refractivity (Wildman–Crippen MR) is 308 cm³/mol. The molecule has 1 aliphatic carbocycles. The maximum absolute atomic E-state index is 5.01. The van der Waals surface area contributed by atoms with Crippen LogP contribution in [-0.2, 0) is 27.1 Å². The summed E-state index contributed by atoms with van der Waals surface area (Å²) in [7, 11) is 0. The van der Waals surface area contributed by atoms with Gasteiger partial charge in [-0.05, 0) is 163 Å². The highest BCUT2D eigenvalue weighted by Crippen LogP contribution is 2.51. The molecular formula is C68H71N3. The second kappa shape index (κ2) is 15.8. The molecule has 9 aromatic rings. The van der Waals surface area contributed by atoms with Gasteiger partial charge < -0.3 is 14.0 Å². The lowest BCUT2D eigenvalue weighted by Crippen LogP contribution is -2.20. The van der Waals surface area contributed by atoms with Crippen LogP contribution in [0.5, 0.6) is 0 Å². The number of allylic oxidation sites excluding steroid dienone is 4. The van der Waals surface area contributed by atoms with E-state index < -0.39 is 0 Å². The van der Waals surface area contributed by atoms with Crippen molar-refractivity contribution in [1.29, 1.82) is 0 Å². The van der Waals surface area contributed by atoms with Crippen LogP contribution < -0.4 is 4.90 Å². The Labute approximate surface area is 422 Å². The minimum Gasteiger partial charge on any atom is -0.337 e. The van der Waals surface area contributed by atoms with E-state index in [2.05, 4.69) is 263 Å². The summed E-state index contributed by atoms with van der Waals surface area (Å²) in [5.74, 6) is 0. The largest absolute Gasteiger partial charge is 0.337 e.